The van der Waals surface area contributed by atoms with Crippen LogP contribution in [-0.4, -0.2) is 54.2 Å². The molecule has 142 valence electrons. The molecule has 1 aliphatic rings. The van der Waals surface area contributed by atoms with E-state index in [9.17, 15) is 0 Å². The molecule has 0 unspecified atom stereocenters. The Kier molecular flexibility index (Phi) is 6.32. The Balaban J connectivity index is 1.41. The second-order valence-electron chi connectivity index (χ2n) is 6.74. The fourth-order valence-electron chi connectivity index (χ4n) is 3.26. The van der Waals surface area contributed by atoms with Crippen LogP contribution in [0.5, 0.6) is 0 Å². The molecule has 1 aromatic carbocycles. The molecule has 5 nitrogen and oxygen atoms in total. The summed E-state index contributed by atoms with van der Waals surface area (Å²) in [5.74, 6) is 0.997. The lowest BCUT2D eigenvalue weighted by atomic mass is 10.2. The average molecular weight is 384 g/mol. The van der Waals surface area contributed by atoms with Crippen LogP contribution in [0.4, 0.5) is 0 Å². The molecule has 0 N–H and O–H groups in total. The Morgan fingerprint density at radius 3 is 2.67 bits per heavy atom. The number of benzene rings is 1. The summed E-state index contributed by atoms with van der Waals surface area (Å²) in [6, 6.07) is 14.4. The fraction of sp³-hybridized carbons (Fsp3) is 0.381. The molecule has 1 saturated heterocycles. The minimum absolute atomic E-state index is 0.803. The maximum Gasteiger partial charge on any atom is 0.117 e. The third-order valence-corrected chi connectivity index (χ3v) is 5.61. The van der Waals surface area contributed by atoms with E-state index in [0.717, 1.165) is 68.9 Å². The zero-order valence-corrected chi connectivity index (χ0v) is 16.2. The van der Waals surface area contributed by atoms with Crippen molar-refractivity contribution in [3.63, 3.8) is 0 Å². The van der Waals surface area contributed by atoms with Crippen LogP contribution in [0.3, 0.4) is 0 Å². The van der Waals surface area contributed by atoms with Crippen LogP contribution in [0.25, 0.3) is 11.3 Å². The Hall–Kier alpha value is -1.99. The van der Waals surface area contributed by atoms with E-state index in [1.807, 2.05) is 18.2 Å². The van der Waals surface area contributed by atoms with Gasteiger partial charge in [-0.25, -0.2) is 4.98 Å². The molecular formula is C21H25N3O2S. The lowest BCUT2D eigenvalue weighted by Crippen LogP contribution is -2.41. The van der Waals surface area contributed by atoms with Gasteiger partial charge in [-0.2, -0.15) is 0 Å². The van der Waals surface area contributed by atoms with Gasteiger partial charge in [-0.1, -0.05) is 30.3 Å². The first-order valence-electron chi connectivity index (χ1n) is 9.41. The van der Waals surface area contributed by atoms with Gasteiger partial charge in [0.2, 0.25) is 0 Å². The Morgan fingerprint density at radius 1 is 1.04 bits per heavy atom. The molecular weight excluding hydrogens is 358 g/mol. The largest absolute Gasteiger partial charge is 0.468 e. The number of morpholine rings is 1. The van der Waals surface area contributed by atoms with Crippen molar-refractivity contribution in [3.8, 4) is 11.3 Å². The second-order valence-corrected chi connectivity index (χ2v) is 7.68. The molecule has 0 bridgehead atoms. The first-order valence-corrected chi connectivity index (χ1v) is 10.3. The molecule has 3 heterocycles. The predicted octanol–water partition coefficient (Wildman–Crippen LogP) is 3.74. The maximum atomic E-state index is 5.58. The van der Waals surface area contributed by atoms with Gasteiger partial charge < -0.3 is 9.15 Å². The summed E-state index contributed by atoms with van der Waals surface area (Å²) in [4.78, 5) is 9.74. The molecule has 3 aromatic rings. The summed E-state index contributed by atoms with van der Waals surface area (Å²) in [6.07, 6.45) is 1.74. The summed E-state index contributed by atoms with van der Waals surface area (Å²) < 4.78 is 11.0. The fourth-order valence-corrected chi connectivity index (χ4v) is 4.11. The van der Waals surface area contributed by atoms with E-state index in [4.69, 9.17) is 14.1 Å². The summed E-state index contributed by atoms with van der Waals surface area (Å²) in [6.45, 7) is 7.38. The summed E-state index contributed by atoms with van der Waals surface area (Å²) in [5, 5.41) is 3.29. The van der Waals surface area contributed by atoms with Crippen molar-refractivity contribution in [2.75, 3.05) is 39.4 Å². The van der Waals surface area contributed by atoms with Gasteiger partial charge in [0.15, 0.2) is 0 Å². The van der Waals surface area contributed by atoms with E-state index < -0.39 is 0 Å². The quantitative estimate of drug-likeness (QED) is 0.593. The minimum Gasteiger partial charge on any atom is -0.468 e. The molecule has 0 amide bonds. The minimum atomic E-state index is 0.803. The van der Waals surface area contributed by atoms with E-state index in [-0.39, 0.29) is 0 Å². The van der Waals surface area contributed by atoms with Crippen molar-refractivity contribution in [2.45, 2.75) is 13.1 Å². The first-order chi connectivity index (χ1) is 13.4. The lowest BCUT2D eigenvalue weighted by molar-refractivity contribution is 0.0321. The smallest absolute Gasteiger partial charge is 0.117 e. The van der Waals surface area contributed by atoms with E-state index in [1.54, 1.807) is 17.6 Å². The molecule has 0 radical (unpaired) electrons. The third kappa shape index (κ3) is 5.26. The van der Waals surface area contributed by atoms with Crippen molar-refractivity contribution >= 4 is 11.3 Å². The Bertz CT molecular complexity index is 798. The van der Waals surface area contributed by atoms with Crippen LogP contribution in [0.2, 0.25) is 0 Å². The first kappa shape index (κ1) is 18.4. The van der Waals surface area contributed by atoms with E-state index >= 15 is 0 Å². The van der Waals surface area contributed by atoms with Gasteiger partial charge in [-0.3, -0.25) is 9.80 Å². The normalized spacial score (nSPS) is 15.4. The number of hydrogen-bond acceptors (Lipinski definition) is 6. The SMILES string of the molecule is c1ccc(-c2csc(CN(CCN3CCOCC3)Cc3ccco3)n2)cc1. The zero-order valence-electron chi connectivity index (χ0n) is 15.4. The van der Waals surface area contributed by atoms with Crippen LogP contribution in [0, 0.1) is 0 Å². The van der Waals surface area contributed by atoms with Gasteiger partial charge in [0.05, 0.1) is 38.3 Å². The lowest BCUT2D eigenvalue weighted by Gasteiger charge is -2.29. The molecule has 4 rings (SSSR count). The summed E-state index contributed by atoms with van der Waals surface area (Å²) in [5.41, 5.74) is 2.23. The van der Waals surface area contributed by atoms with Gasteiger partial charge in [0.25, 0.3) is 0 Å². The highest BCUT2D eigenvalue weighted by atomic mass is 32.1. The number of hydrogen-bond donors (Lipinski definition) is 0. The monoisotopic (exact) mass is 383 g/mol. The number of furan rings is 1. The molecule has 6 heteroatoms. The van der Waals surface area contributed by atoms with Gasteiger partial charge in [-0.05, 0) is 12.1 Å². The highest BCUT2D eigenvalue weighted by Crippen LogP contribution is 2.23. The topological polar surface area (TPSA) is 41.7 Å². The number of ether oxygens (including phenoxy) is 1. The standard InChI is InChI=1S/C21H25N3O2S/c1-2-5-18(6-3-1)20-17-27-21(22-20)16-24(15-19-7-4-12-26-19)9-8-23-10-13-25-14-11-23/h1-7,12,17H,8-11,13-16H2. The second kappa shape index (κ2) is 9.28. The van der Waals surface area contributed by atoms with Gasteiger partial charge in [0, 0.05) is 37.1 Å². The van der Waals surface area contributed by atoms with Crippen molar-refractivity contribution < 1.29 is 9.15 Å². The van der Waals surface area contributed by atoms with Gasteiger partial charge >= 0.3 is 0 Å². The van der Waals surface area contributed by atoms with Crippen LogP contribution < -0.4 is 0 Å². The molecule has 1 fully saturated rings. The van der Waals surface area contributed by atoms with Crippen molar-refractivity contribution in [1.82, 2.24) is 14.8 Å². The molecule has 0 saturated carbocycles. The van der Waals surface area contributed by atoms with Gasteiger partial charge in [0.1, 0.15) is 10.8 Å². The number of rotatable bonds is 8. The third-order valence-electron chi connectivity index (χ3n) is 4.78. The van der Waals surface area contributed by atoms with Crippen LogP contribution >= 0.6 is 11.3 Å². The Labute approximate surface area is 164 Å². The van der Waals surface area contributed by atoms with Crippen molar-refractivity contribution in [3.05, 3.63) is 64.9 Å². The van der Waals surface area contributed by atoms with Crippen LogP contribution in [0.1, 0.15) is 10.8 Å². The van der Waals surface area contributed by atoms with Gasteiger partial charge in [-0.15, -0.1) is 11.3 Å². The number of nitrogens with zero attached hydrogens (tertiary/aromatic N) is 3. The molecule has 27 heavy (non-hydrogen) atoms. The Morgan fingerprint density at radius 2 is 1.89 bits per heavy atom. The summed E-state index contributed by atoms with van der Waals surface area (Å²) >= 11 is 1.73. The highest BCUT2D eigenvalue weighted by molar-refractivity contribution is 7.09. The molecule has 1 aliphatic heterocycles. The molecule has 2 aromatic heterocycles. The van der Waals surface area contributed by atoms with Crippen molar-refractivity contribution in [2.24, 2.45) is 0 Å². The van der Waals surface area contributed by atoms with E-state index in [0.29, 0.717) is 0 Å². The summed E-state index contributed by atoms with van der Waals surface area (Å²) in [7, 11) is 0. The number of thiazole rings is 1. The van der Waals surface area contributed by atoms with E-state index in [1.165, 1.54) is 5.56 Å². The predicted molar refractivity (Wildman–Crippen MR) is 108 cm³/mol. The number of aromatic nitrogens is 1. The maximum absolute atomic E-state index is 5.58. The zero-order chi connectivity index (χ0) is 18.3. The highest BCUT2D eigenvalue weighted by Gasteiger charge is 2.15. The molecule has 0 spiro atoms. The van der Waals surface area contributed by atoms with Crippen LogP contribution in [-0.2, 0) is 17.8 Å². The van der Waals surface area contributed by atoms with Crippen molar-refractivity contribution in [1.29, 1.82) is 0 Å². The van der Waals surface area contributed by atoms with Crippen LogP contribution in [0.15, 0.2) is 58.5 Å². The van der Waals surface area contributed by atoms with E-state index in [2.05, 4.69) is 39.4 Å². The molecule has 0 aliphatic carbocycles. The average Bonchev–Trinajstić information content (AvgIpc) is 3.40. The molecule has 0 atom stereocenters.